The Kier molecular flexibility index (Phi) is 3.21. The monoisotopic (exact) mass is 181 g/mol. The minimum atomic E-state index is 1.14. The maximum Gasteiger partial charge on any atom is 0.0912 e. The van der Waals surface area contributed by atoms with E-state index in [1.165, 1.54) is 10.3 Å². The van der Waals surface area contributed by atoms with Crippen molar-refractivity contribution >= 4 is 29.2 Å². The van der Waals surface area contributed by atoms with E-state index in [2.05, 4.69) is 6.07 Å². The molecule has 0 aliphatic rings. The highest BCUT2D eigenvalue weighted by Crippen LogP contribution is 2.25. The average molecular weight is 181 g/mol. The summed E-state index contributed by atoms with van der Waals surface area (Å²) < 4.78 is 1.28. The number of thioether (sulfide) groups is 1. The molecule has 0 fully saturated rings. The fraction of sp³-hybridized carbons (Fsp3) is 0.125. The molecule has 0 aliphatic carbocycles. The summed E-state index contributed by atoms with van der Waals surface area (Å²) in [6.07, 6.45) is 5.37. The summed E-state index contributed by atoms with van der Waals surface area (Å²) in [5.74, 6) is 0. The van der Waals surface area contributed by atoms with E-state index in [-0.39, 0.29) is 0 Å². The third-order valence-corrected chi connectivity index (χ3v) is 3.26. The van der Waals surface area contributed by atoms with Gasteiger partial charge in [-0.1, -0.05) is 0 Å². The SMILES string of the molecule is CSc1ccc(/C=C/C#N)s1. The van der Waals surface area contributed by atoms with E-state index in [1.54, 1.807) is 23.1 Å². The number of thiophene rings is 1. The van der Waals surface area contributed by atoms with Crippen LogP contribution in [0.5, 0.6) is 0 Å². The fourth-order valence-electron chi connectivity index (χ4n) is 0.653. The number of allylic oxidation sites excluding steroid dienone is 1. The summed E-state index contributed by atoms with van der Waals surface area (Å²) in [4.78, 5) is 1.14. The summed E-state index contributed by atoms with van der Waals surface area (Å²) in [6.45, 7) is 0. The van der Waals surface area contributed by atoms with Crippen molar-refractivity contribution in [3.8, 4) is 6.07 Å². The third-order valence-electron chi connectivity index (χ3n) is 1.13. The van der Waals surface area contributed by atoms with Crippen molar-refractivity contribution in [3.63, 3.8) is 0 Å². The van der Waals surface area contributed by atoms with Crippen molar-refractivity contribution in [2.45, 2.75) is 4.21 Å². The van der Waals surface area contributed by atoms with Crippen molar-refractivity contribution in [3.05, 3.63) is 23.1 Å². The second-order valence-corrected chi connectivity index (χ2v) is 4.05. The molecule has 0 saturated carbocycles. The van der Waals surface area contributed by atoms with Gasteiger partial charge >= 0.3 is 0 Å². The molecule has 0 atom stereocenters. The number of nitriles is 1. The van der Waals surface area contributed by atoms with E-state index in [4.69, 9.17) is 5.26 Å². The molecule has 1 heterocycles. The Bertz CT molecular complexity index is 293. The van der Waals surface area contributed by atoms with Gasteiger partial charge in [0.25, 0.3) is 0 Å². The predicted molar refractivity (Wildman–Crippen MR) is 50.7 cm³/mol. The molecule has 0 N–H and O–H groups in total. The van der Waals surface area contributed by atoms with E-state index in [0.29, 0.717) is 0 Å². The zero-order valence-corrected chi connectivity index (χ0v) is 7.71. The van der Waals surface area contributed by atoms with Crippen LogP contribution < -0.4 is 0 Å². The largest absolute Gasteiger partial charge is 0.193 e. The minimum Gasteiger partial charge on any atom is -0.193 e. The molecular weight excluding hydrogens is 174 g/mol. The van der Waals surface area contributed by atoms with Gasteiger partial charge in [0, 0.05) is 11.0 Å². The lowest BCUT2D eigenvalue weighted by atomic mass is 10.4. The molecule has 1 aromatic rings. The molecule has 1 rings (SSSR count). The molecule has 0 radical (unpaired) electrons. The van der Waals surface area contributed by atoms with Gasteiger partial charge in [0.1, 0.15) is 0 Å². The third kappa shape index (κ3) is 2.41. The molecule has 1 aromatic heterocycles. The first kappa shape index (κ1) is 8.38. The maximum absolute atomic E-state index is 8.25. The molecule has 0 spiro atoms. The van der Waals surface area contributed by atoms with Gasteiger partial charge in [-0.3, -0.25) is 0 Å². The van der Waals surface area contributed by atoms with Crippen LogP contribution in [-0.4, -0.2) is 6.26 Å². The lowest BCUT2D eigenvalue weighted by molar-refractivity contribution is 1.54. The van der Waals surface area contributed by atoms with Crippen molar-refractivity contribution in [2.75, 3.05) is 6.26 Å². The van der Waals surface area contributed by atoms with Gasteiger partial charge in [0.05, 0.1) is 10.3 Å². The Morgan fingerprint density at radius 3 is 3.00 bits per heavy atom. The summed E-state index contributed by atoms with van der Waals surface area (Å²) in [5.41, 5.74) is 0. The Morgan fingerprint density at radius 2 is 2.45 bits per heavy atom. The summed E-state index contributed by atoms with van der Waals surface area (Å²) in [5, 5.41) is 8.25. The molecule has 56 valence electrons. The topological polar surface area (TPSA) is 23.8 Å². The Balaban J connectivity index is 2.74. The highest BCUT2D eigenvalue weighted by molar-refractivity contribution is 8.00. The molecule has 0 bridgehead atoms. The van der Waals surface area contributed by atoms with Crippen LogP contribution in [0.15, 0.2) is 22.4 Å². The van der Waals surface area contributed by atoms with Crippen molar-refractivity contribution in [1.29, 1.82) is 5.26 Å². The van der Waals surface area contributed by atoms with Gasteiger partial charge < -0.3 is 0 Å². The van der Waals surface area contributed by atoms with Crippen LogP contribution >= 0.6 is 23.1 Å². The second-order valence-electron chi connectivity index (χ2n) is 1.82. The quantitative estimate of drug-likeness (QED) is 0.517. The van der Waals surface area contributed by atoms with Crippen LogP contribution in [0.4, 0.5) is 0 Å². The first-order valence-corrected chi connectivity index (χ1v) is 5.11. The fourth-order valence-corrected chi connectivity index (χ4v) is 2.12. The van der Waals surface area contributed by atoms with Gasteiger partial charge in [-0.2, -0.15) is 5.26 Å². The smallest absolute Gasteiger partial charge is 0.0912 e. The van der Waals surface area contributed by atoms with E-state index >= 15 is 0 Å². The lowest BCUT2D eigenvalue weighted by Gasteiger charge is -1.81. The Morgan fingerprint density at radius 1 is 1.64 bits per heavy atom. The number of hydrogen-bond donors (Lipinski definition) is 0. The molecular formula is C8H7NS2. The van der Waals surface area contributed by atoms with Gasteiger partial charge in [-0.25, -0.2) is 0 Å². The Labute approximate surface area is 74.4 Å². The van der Waals surface area contributed by atoms with E-state index in [9.17, 15) is 0 Å². The van der Waals surface area contributed by atoms with E-state index < -0.39 is 0 Å². The molecule has 0 unspecified atom stereocenters. The van der Waals surface area contributed by atoms with Crippen LogP contribution in [0, 0.1) is 11.3 Å². The number of hydrogen-bond acceptors (Lipinski definition) is 3. The van der Waals surface area contributed by atoms with Crippen molar-refractivity contribution < 1.29 is 0 Å². The molecule has 0 aromatic carbocycles. The van der Waals surface area contributed by atoms with Crippen LogP contribution in [0.2, 0.25) is 0 Å². The van der Waals surface area contributed by atoms with Crippen molar-refractivity contribution in [2.24, 2.45) is 0 Å². The van der Waals surface area contributed by atoms with Gasteiger partial charge in [0.2, 0.25) is 0 Å². The van der Waals surface area contributed by atoms with Crippen molar-refractivity contribution in [1.82, 2.24) is 0 Å². The standard InChI is InChI=1S/C8H7NS2/c1-10-8-5-4-7(11-8)3-2-6-9/h2-5H,1H3/b3-2+. The zero-order valence-electron chi connectivity index (χ0n) is 6.07. The van der Waals surface area contributed by atoms with E-state index in [0.717, 1.165) is 4.88 Å². The highest BCUT2D eigenvalue weighted by Gasteiger charge is 1.93. The van der Waals surface area contributed by atoms with Crippen LogP contribution in [0.3, 0.4) is 0 Å². The first-order chi connectivity index (χ1) is 5.36. The number of nitrogens with zero attached hydrogens (tertiary/aromatic N) is 1. The Hall–Kier alpha value is -0.720. The van der Waals surface area contributed by atoms with E-state index in [1.807, 2.05) is 24.5 Å². The summed E-state index contributed by atoms with van der Waals surface area (Å²) in [7, 11) is 0. The second kappa shape index (κ2) is 4.22. The predicted octanol–water partition coefficient (Wildman–Crippen LogP) is 3.01. The van der Waals surface area contributed by atoms with Gasteiger partial charge in [-0.15, -0.1) is 23.1 Å². The molecule has 0 aliphatic heterocycles. The number of rotatable bonds is 2. The highest BCUT2D eigenvalue weighted by atomic mass is 32.2. The molecule has 11 heavy (non-hydrogen) atoms. The molecule has 0 amide bonds. The van der Waals surface area contributed by atoms with Crippen LogP contribution in [-0.2, 0) is 0 Å². The minimum absolute atomic E-state index is 1.14. The molecule has 0 saturated heterocycles. The van der Waals surface area contributed by atoms with Gasteiger partial charge in [-0.05, 0) is 24.5 Å². The zero-order chi connectivity index (χ0) is 8.10. The van der Waals surface area contributed by atoms with Crippen LogP contribution in [0.25, 0.3) is 6.08 Å². The first-order valence-electron chi connectivity index (χ1n) is 3.07. The average Bonchev–Trinajstić information content (AvgIpc) is 2.48. The summed E-state index contributed by atoms with van der Waals surface area (Å²) in [6, 6.07) is 6.04. The molecule has 3 heteroatoms. The normalized spacial score (nSPS) is 10.2. The van der Waals surface area contributed by atoms with Gasteiger partial charge in [0.15, 0.2) is 0 Å². The lowest BCUT2D eigenvalue weighted by Crippen LogP contribution is -1.52. The summed E-state index contributed by atoms with van der Waals surface area (Å²) >= 11 is 3.42. The molecule has 1 nitrogen and oxygen atoms in total. The maximum atomic E-state index is 8.25. The van der Waals surface area contributed by atoms with Crippen LogP contribution in [0.1, 0.15) is 4.88 Å².